The number of benzene rings is 1. The van der Waals surface area contributed by atoms with E-state index < -0.39 is 0 Å². The molecule has 0 fully saturated rings. The van der Waals surface area contributed by atoms with E-state index >= 15 is 0 Å². The standard InChI is InChI=1S/C14H15BrN4O2/c1-2-16-14(21)10-4-3-5-12(6-10)18-13(20)9-19-8-11(15)7-17-19/h3-8H,2,9H2,1H3,(H,16,21)(H,18,20). The highest BCUT2D eigenvalue weighted by Gasteiger charge is 2.08. The lowest BCUT2D eigenvalue weighted by molar-refractivity contribution is -0.116. The summed E-state index contributed by atoms with van der Waals surface area (Å²) < 4.78 is 2.33. The molecule has 110 valence electrons. The van der Waals surface area contributed by atoms with Gasteiger partial charge in [-0.1, -0.05) is 6.07 Å². The number of nitrogens with one attached hydrogen (secondary N) is 2. The lowest BCUT2D eigenvalue weighted by Gasteiger charge is -2.07. The maximum atomic E-state index is 11.9. The number of hydrogen-bond donors (Lipinski definition) is 2. The quantitative estimate of drug-likeness (QED) is 0.866. The van der Waals surface area contributed by atoms with Gasteiger partial charge in [-0.15, -0.1) is 0 Å². The molecule has 2 rings (SSSR count). The van der Waals surface area contributed by atoms with E-state index in [-0.39, 0.29) is 18.4 Å². The molecule has 0 unspecified atom stereocenters. The van der Waals surface area contributed by atoms with E-state index in [9.17, 15) is 9.59 Å². The summed E-state index contributed by atoms with van der Waals surface area (Å²) in [6, 6.07) is 6.80. The van der Waals surface area contributed by atoms with Crippen molar-refractivity contribution in [2.45, 2.75) is 13.5 Å². The smallest absolute Gasteiger partial charge is 0.251 e. The summed E-state index contributed by atoms with van der Waals surface area (Å²) in [6.07, 6.45) is 3.33. The second-order valence-corrected chi connectivity index (χ2v) is 5.26. The molecule has 2 aromatic rings. The first kappa shape index (κ1) is 15.2. The second-order valence-electron chi connectivity index (χ2n) is 4.34. The first-order valence-corrected chi connectivity index (χ1v) is 7.24. The molecule has 0 saturated heterocycles. The van der Waals surface area contributed by atoms with Crippen LogP contribution in [0, 0.1) is 0 Å². The molecule has 1 aromatic heterocycles. The summed E-state index contributed by atoms with van der Waals surface area (Å²) in [7, 11) is 0. The summed E-state index contributed by atoms with van der Waals surface area (Å²) >= 11 is 3.27. The van der Waals surface area contributed by atoms with Gasteiger partial charge in [-0.25, -0.2) is 0 Å². The molecule has 0 aliphatic rings. The van der Waals surface area contributed by atoms with Crippen molar-refractivity contribution in [3.8, 4) is 0 Å². The summed E-state index contributed by atoms with van der Waals surface area (Å²) in [5.41, 5.74) is 1.09. The van der Waals surface area contributed by atoms with Crippen LogP contribution in [-0.2, 0) is 11.3 Å². The average Bonchev–Trinajstić information content (AvgIpc) is 2.84. The molecule has 1 aromatic carbocycles. The number of nitrogens with zero attached hydrogens (tertiary/aromatic N) is 2. The van der Waals surface area contributed by atoms with Crippen LogP contribution in [0.4, 0.5) is 5.69 Å². The number of carbonyl (C=O) groups is 2. The maximum Gasteiger partial charge on any atom is 0.251 e. The molecule has 0 aliphatic carbocycles. The topological polar surface area (TPSA) is 76.0 Å². The highest BCUT2D eigenvalue weighted by Crippen LogP contribution is 2.11. The molecule has 0 bridgehead atoms. The van der Waals surface area contributed by atoms with Crippen LogP contribution in [0.1, 0.15) is 17.3 Å². The van der Waals surface area contributed by atoms with Crippen LogP contribution < -0.4 is 10.6 Å². The largest absolute Gasteiger partial charge is 0.352 e. The Morgan fingerprint density at radius 2 is 2.19 bits per heavy atom. The Labute approximate surface area is 130 Å². The van der Waals surface area contributed by atoms with E-state index in [1.165, 1.54) is 4.68 Å². The van der Waals surface area contributed by atoms with E-state index in [2.05, 4.69) is 31.7 Å². The van der Waals surface area contributed by atoms with Gasteiger partial charge >= 0.3 is 0 Å². The minimum Gasteiger partial charge on any atom is -0.352 e. The van der Waals surface area contributed by atoms with E-state index in [0.29, 0.717) is 17.8 Å². The fraction of sp³-hybridized carbons (Fsp3) is 0.214. The number of hydrogen-bond acceptors (Lipinski definition) is 3. The third kappa shape index (κ3) is 4.42. The van der Waals surface area contributed by atoms with Crippen LogP contribution in [0.3, 0.4) is 0 Å². The van der Waals surface area contributed by atoms with Gasteiger partial charge in [0.15, 0.2) is 0 Å². The molecule has 0 spiro atoms. The zero-order chi connectivity index (χ0) is 15.2. The van der Waals surface area contributed by atoms with Gasteiger partial charge in [0.1, 0.15) is 6.54 Å². The first-order chi connectivity index (χ1) is 10.1. The Morgan fingerprint density at radius 3 is 2.86 bits per heavy atom. The molecule has 7 heteroatoms. The van der Waals surface area contributed by atoms with Crippen molar-refractivity contribution in [2.24, 2.45) is 0 Å². The highest BCUT2D eigenvalue weighted by molar-refractivity contribution is 9.10. The van der Waals surface area contributed by atoms with Gasteiger partial charge in [0.25, 0.3) is 5.91 Å². The van der Waals surface area contributed by atoms with Crippen LogP contribution in [0.15, 0.2) is 41.1 Å². The Hall–Kier alpha value is -2.15. The number of amides is 2. The molecule has 21 heavy (non-hydrogen) atoms. The number of anilines is 1. The third-order valence-electron chi connectivity index (χ3n) is 2.65. The predicted molar refractivity (Wildman–Crippen MR) is 83.0 cm³/mol. The van der Waals surface area contributed by atoms with Crippen LogP contribution in [-0.4, -0.2) is 28.1 Å². The van der Waals surface area contributed by atoms with Crippen LogP contribution in [0.5, 0.6) is 0 Å². The number of rotatable bonds is 5. The van der Waals surface area contributed by atoms with Gasteiger partial charge in [-0.05, 0) is 41.1 Å². The Bertz CT molecular complexity index is 654. The summed E-state index contributed by atoms with van der Waals surface area (Å²) in [6.45, 7) is 2.52. The SMILES string of the molecule is CCNC(=O)c1cccc(NC(=O)Cn2cc(Br)cn2)c1. The molecule has 1 heterocycles. The van der Waals surface area contributed by atoms with Crippen molar-refractivity contribution < 1.29 is 9.59 Å². The normalized spacial score (nSPS) is 10.2. The zero-order valence-corrected chi connectivity index (χ0v) is 13.1. The van der Waals surface area contributed by atoms with Gasteiger partial charge in [0.2, 0.25) is 5.91 Å². The van der Waals surface area contributed by atoms with Gasteiger partial charge in [-0.3, -0.25) is 14.3 Å². The number of aromatic nitrogens is 2. The monoisotopic (exact) mass is 350 g/mol. The average molecular weight is 351 g/mol. The minimum atomic E-state index is -0.210. The van der Waals surface area contributed by atoms with Crippen molar-refractivity contribution in [1.82, 2.24) is 15.1 Å². The van der Waals surface area contributed by atoms with Gasteiger partial charge < -0.3 is 10.6 Å². The molecule has 6 nitrogen and oxygen atoms in total. The van der Waals surface area contributed by atoms with Crippen molar-refractivity contribution in [2.75, 3.05) is 11.9 Å². The van der Waals surface area contributed by atoms with Crippen molar-refractivity contribution >= 4 is 33.4 Å². The molecule has 0 saturated carbocycles. The molecule has 2 N–H and O–H groups in total. The lowest BCUT2D eigenvalue weighted by atomic mass is 10.2. The first-order valence-electron chi connectivity index (χ1n) is 6.44. The molecule has 2 amide bonds. The van der Waals surface area contributed by atoms with Crippen molar-refractivity contribution in [1.29, 1.82) is 0 Å². The van der Waals surface area contributed by atoms with Crippen LogP contribution in [0.2, 0.25) is 0 Å². The predicted octanol–water partition coefficient (Wildman–Crippen LogP) is 2.03. The molecular formula is C14H15BrN4O2. The van der Waals surface area contributed by atoms with E-state index in [0.717, 1.165) is 4.47 Å². The molecule has 0 radical (unpaired) electrons. The second kappa shape index (κ2) is 7.03. The number of halogens is 1. The van der Waals surface area contributed by atoms with E-state index in [1.807, 2.05) is 6.92 Å². The molecular weight excluding hydrogens is 336 g/mol. The van der Waals surface area contributed by atoms with E-state index in [4.69, 9.17) is 0 Å². The molecule has 0 aliphatic heterocycles. The Balaban J connectivity index is 2.00. The maximum absolute atomic E-state index is 11.9. The van der Waals surface area contributed by atoms with Gasteiger partial charge in [0, 0.05) is 24.0 Å². The summed E-state index contributed by atoms with van der Waals surface area (Å²) in [5, 5.41) is 9.47. The Morgan fingerprint density at radius 1 is 1.38 bits per heavy atom. The van der Waals surface area contributed by atoms with Crippen molar-refractivity contribution in [3.05, 3.63) is 46.7 Å². The molecule has 0 atom stereocenters. The van der Waals surface area contributed by atoms with Crippen LogP contribution in [0.25, 0.3) is 0 Å². The minimum absolute atomic E-state index is 0.108. The third-order valence-corrected chi connectivity index (χ3v) is 3.06. The summed E-state index contributed by atoms with van der Waals surface area (Å²) in [5.74, 6) is -0.372. The highest BCUT2D eigenvalue weighted by atomic mass is 79.9. The van der Waals surface area contributed by atoms with Crippen molar-refractivity contribution in [3.63, 3.8) is 0 Å². The van der Waals surface area contributed by atoms with Crippen LogP contribution >= 0.6 is 15.9 Å². The van der Waals surface area contributed by atoms with E-state index in [1.54, 1.807) is 36.7 Å². The fourth-order valence-corrected chi connectivity index (χ4v) is 2.10. The van der Waals surface area contributed by atoms with Gasteiger partial charge in [-0.2, -0.15) is 5.10 Å². The number of carbonyl (C=O) groups excluding carboxylic acids is 2. The van der Waals surface area contributed by atoms with Gasteiger partial charge in [0.05, 0.1) is 10.7 Å². The lowest BCUT2D eigenvalue weighted by Crippen LogP contribution is -2.23. The fourth-order valence-electron chi connectivity index (χ4n) is 1.77. The Kier molecular flexibility index (Phi) is 5.10. The summed E-state index contributed by atoms with van der Waals surface area (Å²) in [4.78, 5) is 23.6. The zero-order valence-electron chi connectivity index (χ0n) is 11.5.